The Kier molecular flexibility index (Phi) is 6.99. The average Bonchev–Trinajstić information content (AvgIpc) is 2.41. The number of aryl methyl sites for hydroxylation is 1. The van der Waals surface area contributed by atoms with Gasteiger partial charge in [0.05, 0.1) is 5.56 Å². The molecule has 0 aromatic heterocycles. The Bertz CT molecular complexity index is 558. The zero-order valence-corrected chi connectivity index (χ0v) is 12.5. The number of hydrogen-bond acceptors (Lipinski definition) is 3. The summed E-state index contributed by atoms with van der Waals surface area (Å²) in [6, 6.07) is 5.42. The Labute approximate surface area is 122 Å². The van der Waals surface area contributed by atoms with E-state index in [9.17, 15) is 9.00 Å². The lowest BCUT2D eigenvalue weighted by molar-refractivity contribution is 0.0953. The molecule has 1 aromatic rings. The summed E-state index contributed by atoms with van der Waals surface area (Å²) in [6.07, 6.45) is 2.32. The highest BCUT2D eigenvalue weighted by molar-refractivity contribution is 7.84. The van der Waals surface area contributed by atoms with Gasteiger partial charge in [-0.15, -0.1) is 0 Å². The van der Waals surface area contributed by atoms with Crippen molar-refractivity contribution in [2.24, 2.45) is 0 Å². The van der Waals surface area contributed by atoms with Crippen LogP contribution in [0.1, 0.15) is 27.9 Å². The molecule has 0 aliphatic rings. The van der Waals surface area contributed by atoms with E-state index in [2.05, 4.69) is 17.2 Å². The van der Waals surface area contributed by atoms with Crippen LogP contribution >= 0.6 is 0 Å². The van der Waals surface area contributed by atoms with Gasteiger partial charge < -0.3 is 10.4 Å². The molecule has 20 heavy (non-hydrogen) atoms. The Morgan fingerprint density at radius 3 is 2.85 bits per heavy atom. The number of carbonyl (C=O) groups excluding carboxylic acids is 1. The minimum Gasteiger partial charge on any atom is -0.384 e. The van der Waals surface area contributed by atoms with Crippen LogP contribution in [0.4, 0.5) is 0 Å². The average molecular weight is 293 g/mol. The molecule has 1 atom stereocenters. The summed E-state index contributed by atoms with van der Waals surface area (Å²) >= 11 is 0. The molecule has 1 unspecified atom stereocenters. The van der Waals surface area contributed by atoms with Gasteiger partial charge in [0, 0.05) is 34.9 Å². The van der Waals surface area contributed by atoms with E-state index < -0.39 is 10.8 Å². The van der Waals surface area contributed by atoms with Crippen molar-refractivity contribution in [1.29, 1.82) is 0 Å². The van der Waals surface area contributed by atoms with Gasteiger partial charge in [-0.1, -0.05) is 23.5 Å². The second kappa shape index (κ2) is 8.51. The fourth-order valence-electron chi connectivity index (χ4n) is 1.66. The van der Waals surface area contributed by atoms with Crippen molar-refractivity contribution in [2.75, 3.05) is 25.2 Å². The number of aliphatic hydroxyl groups is 1. The SMILES string of the molecule is Cc1ccc(C#CCO)c(C(=O)NCCCS(C)=O)c1. The molecule has 1 amide bonds. The van der Waals surface area contributed by atoms with E-state index in [1.165, 1.54) is 0 Å². The van der Waals surface area contributed by atoms with E-state index in [0.29, 0.717) is 29.8 Å². The number of carbonyl (C=O) groups is 1. The predicted molar refractivity (Wildman–Crippen MR) is 81.0 cm³/mol. The largest absolute Gasteiger partial charge is 0.384 e. The summed E-state index contributed by atoms with van der Waals surface area (Å²) < 4.78 is 10.9. The van der Waals surface area contributed by atoms with E-state index in [1.54, 1.807) is 18.4 Å². The summed E-state index contributed by atoms with van der Waals surface area (Å²) in [6.45, 7) is 2.15. The molecule has 0 aliphatic carbocycles. The Balaban J connectivity index is 2.75. The van der Waals surface area contributed by atoms with Crippen molar-refractivity contribution in [2.45, 2.75) is 13.3 Å². The van der Waals surface area contributed by atoms with Gasteiger partial charge in [0.1, 0.15) is 6.61 Å². The van der Waals surface area contributed by atoms with Crippen LogP contribution in [0.5, 0.6) is 0 Å². The number of aliphatic hydroxyl groups excluding tert-OH is 1. The maximum Gasteiger partial charge on any atom is 0.252 e. The van der Waals surface area contributed by atoms with Gasteiger partial charge in [0.15, 0.2) is 0 Å². The Hall–Kier alpha value is -1.64. The molecule has 1 rings (SSSR count). The lowest BCUT2D eigenvalue weighted by atomic mass is 10.0. The molecule has 0 bridgehead atoms. The van der Waals surface area contributed by atoms with Crippen LogP contribution in [0.3, 0.4) is 0 Å². The third-order valence-electron chi connectivity index (χ3n) is 2.62. The van der Waals surface area contributed by atoms with Gasteiger partial charge in [-0.05, 0) is 25.5 Å². The Morgan fingerprint density at radius 2 is 2.20 bits per heavy atom. The summed E-state index contributed by atoms with van der Waals surface area (Å²) in [4.78, 5) is 12.1. The molecule has 108 valence electrons. The van der Waals surface area contributed by atoms with Crippen LogP contribution in [0.15, 0.2) is 18.2 Å². The van der Waals surface area contributed by atoms with Gasteiger partial charge in [-0.2, -0.15) is 0 Å². The topological polar surface area (TPSA) is 66.4 Å². The molecule has 0 heterocycles. The lowest BCUT2D eigenvalue weighted by Crippen LogP contribution is -2.26. The van der Waals surface area contributed by atoms with E-state index in [4.69, 9.17) is 5.11 Å². The third-order valence-corrected chi connectivity index (χ3v) is 3.48. The highest BCUT2D eigenvalue weighted by atomic mass is 32.2. The molecule has 1 aromatic carbocycles. The number of nitrogens with one attached hydrogen (secondary N) is 1. The fourth-order valence-corrected chi connectivity index (χ4v) is 2.21. The minimum atomic E-state index is -0.839. The second-order valence-corrected chi connectivity index (χ2v) is 5.95. The van der Waals surface area contributed by atoms with Crippen molar-refractivity contribution in [3.63, 3.8) is 0 Å². The minimum absolute atomic E-state index is 0.196. The van der Waals surface area contributed by atoms with E-state index in [0.717, 1.165) is 5.56 Å². The van der Waals surface area contributed by atoms with Gasteiger partial charge in [-0.3, -0.25) is 9.00 Å². The van der Waals surface area contributed by atoms with Crippen molar-refractivity contribution in [3.8, 4) is 11.8 Å². The van der Waals surface area contributed by atoms with Crippen molar-refractivity contribution < 1.29 is 14.1 Å². The lowest BCUT2D eigenvalue weighted by Gasteiger charge is -2.07. The molecule has 0 aliphatic heterocycles. The molecule has 5 heteroatoms. The highest BCUT2D eigenvalue weighted by Gasteiger charge is 2.10. The monoisotopic (exact) mass is 293 g/mol. The van der Waals surface area contributed by atoms with E-state index in [1.807, 2.05) is 13.0 Å². The zero-order chi connectivity index (χ0) is 15.0. The van der Waals surface area contributed by atoms with Crippen molar-refractivity contribution >= 4 is 16.7 Å². The first kappa shape index (κ1) is 16.4. The van der Waals surface area contributed by atoms with E-state index >= 15 is 0 Å². The summed E-state index contributed by atoms with van der Waals surface area (Å²) in [5.41, 5.74) is 2.07. The van der Waals surface area contributed by atoms with Gasteiger partial charge >= 0.3 is 0 Å². The van der Waals surface area contributed by atoms with Crippen LogP contribution in [0.25, 0.3) is 0 Å². The number of benzene rings is 1. The van der Waals surface area contributed by atoms with Crippen molar-refractivity contribution in [3.05, 3.63) is 34.9 Å². The first-order chi connectivity index (χ1) is 9.54. The standard InChI is InChI=1S/C15H19NO3S/c1-12-6-7-13(5-3-9-17)14(11-12)15(18)16-8-4-10-20(2)19/h6-7,11,17H,4,8-10H2,1-2H3,(H,16,18). The van der Waals surface area contributed by atoms with Crippen LogP contribution in [-0.4, -0.2) is 40.4 Å². The molecule has 0 saturated heterocycles. The summed E-state index contributed by atoms with van der Waals surface area (Å²) in [5, 5.41) is 11.5. The first-order valence-electron chi connectivity index (χ1n) is 6.33. The number of amides is 1. The normalized spacial score (nSPS) is 11.3. The highest BCUT2D eigenvalue weighted by Crippen LogP contribution is 2.10. The fraction of sp³-hybridized carbons (Fsp3) is 0.400. The van der Waals surface area contributed by atoms with Crippen LogP contribution in [-0.2, 0) is 10.8 Å². The second-order valence-electron chi connectivity index (χ2n) is 4.40. The van der Waals surface area contributed by atoms with Crippen LogP contribution in [0, 0.1) is 18.8 Å². The summed E-state index contributed by atoms with van der Waals surface area (Å²) in [5.74, 6) is 5.70. The zero-order valence-electron chi connectivity index (χ0n) is 11.7. The molecule has 0 fully saturated rings. The maximum absolute atomic E-state index is 12.1. The van der Waals surface area contributed by atoms with Gasteiger partial charge in [-0.25, -0.2) is 0 Å². The molecular weight excluding hydrogens is 274 g/mol. The van der Waals surface area contributed by atoms with Gasteiger partial charge in [0.2, 0.25) is 0 Å². The smallest absolute Gasteiger partial charge is 0.252 e. The first-order valence-corrected chi connectivity index (χ1v) is 8.06. The van der Waals surface area contributed by atoms with Crippen molar-refractivity contribution in [1.82, 2.24) is 5.32 Å². The van der Waals surface area contributed by atoms with Crippen LogP contribution < -0.4 is 5.32 Å². The summed E-state index contributed by atoms with van der Waals surface area (Å²) in [7, 11) is -0.839. The number of rotatable bonds is 5. The van der Waals surface area contributed by atoms with E-state index in [-0.39, 0.29) is 12.5 Å². The number of hydrogen-bond donors (Lipinski definition) is 2. The molecule has 0 saturated carbocycles. The molecule has 4 nitrogen and oxygen atoms in total. The quantitative estimate of drug-likeness (QED) is 0.624. The molecule has 0 spiro atoms. The van der Waals surface area contributed by atoms with Gasteiger partial charge in [0.25, 0.3) is 5.91 Å². The van der Waals surface area contributed by atoms with Crippen LogP contribution in [0.2, 0.25) is 0 Å². The maximum atomic E-state index is 12.1. The molecular formula is C15H19NO3S. The predicted octanol–water partition coefficient (Wildman–Crippen LogP) is 0.837. The molecule has 2 N–H and O–H groups in total. The Morgan fingerprint density at radius 1 is 1.45 bits per heavy atom. The third kappa shape index (κ3) is 5.55. The molecule has 0 radical (unpaired) electrons.